The van der Waals surface area contributed by atoms with E-state index in [1.54, 1.807) is 19.3 Å². The van der Waals surface area contributed by atoms with Crippen molar-refractivity contribution in [2.24, 2.45) is 7.05 Å². The number of H-pyrrole nitrogens is 1. The van der Waals surface area contributed by atoms with Crippen molar-refractivity contribution in [3.8, 4) is 0 Å². The van der Waals surface area contributed by atoms with E-state index >= 15 is 0 Å². The first-order chi connectivity index (χ1) is 11.2. The number of fused-ring (bicyclic) bond motifs is 1. The van der Waals surface area contributed by atoms with E-state index in [0.29, 0.717) is 0 Å². The van der Waals surface area contributed by atoms with Crippen LogP contribution in [0.2, 0.25) is 0 Å². The van der Waals surface area contributed by atoms with E-state index < -0.39 is 0 Å². The number of hydrogen-bond donors (Lipinski definition) is 1. The molecule has 7 heteroatoms. The normalized spacial score (nSPS) is 18.4. The number of rotatable bonds is 3. The van der Waals surface area contributed by atoms with Gasteiger partial charge in [-0.1, -0.05) is 0 Å². The van der Waals surface area contributed by atoms with Gasteiger partial charge in [-0.3, -0.25) is 14.8 Å². The highest BCUT2D eigenvalue weighted by molar-refractivity contribution is 5.43. The highest BCUT2D eigenvalue weighted by atomic mass is 16.1. The largest absolute Gasteiger partial charge is 0.368 e. The second kappa shape index (κ2) is 5.81. The number of hydrogen-bond acceptors (Lipinski definition) is 5. The second-order valence-corrected chi connectivity index (χ2v) is 6.42. The molecule has 0 spiro atoms. The number of nitrogens with one attached hydrogen (secondary N) is 1. The van der Waals surface area contributed by atoms with Crippen LogP contribution in [0.4, 0.5) is 5.69 Å². The first kappa shape index (κ1) is 14.4. The van der Waals surface area contributed by atoms with Gasteiger partial charge in [0.05, 0.1) is 17.6 Å². The van der Waals surface area contributed by atoms with Crippen molar-refractivity contribution in [1.29, 1.82) is 0 Å². The zero-order valence-corrected chi connectivity index (χ0v) is 13.5. The Morgan fingerprint density at radius 1 is 1.22 bits per heavy atom. The van der Waals surface area contributed by atoms with Crippen LogP contribution in [0.15, 0.2) is 17.1 Å². The number of aromatic nitrogens is 4. The van der Waals surface area contributed by atoms with Crippen molar-refractivity contribution >= 4 is 5.69 Å². The molecular weight excluding hydrogens is 292 g/mol. The maximum Gasteiger partial charge on any atom is 0.268 e. The summed E-state index contributed by atoms with van der Waals surface area (Å²) in [6.45, 7) is 4.73. The Balaban J connectivity index is 1.39. The van der Waals surface area contributed by atoms with Gasteiger partial charge in [0, 0.05) is 51.5 Å². The van der Waals surface area contributed by atoms with E-state index in [4.69, 9.17) is 0 Å². The molecule has 122 valence electrons. The summed E-state index contributed by atoms with van der Waals surface area (Å²) in [5.41, 5.74) is 4.87. The lowest BCUT2D eigenvalue weighted by molar-refractivity contribution is 0.246. The van der Waals surface area contributed by atoms with Gasteiger partial charge in [-0.05, 0) is 24.8 Å². The Morgan fingerprint density at radius 2 is 2.04 bits per heavy atom. The van der Waals surface area contributed by atoms with Crippen LogP contribution >= 0.6 is 0 Å². The quantitative estimate of drug-likeness (QED) is 0.883. The van der Waals surface area contributed by atoms with Gasteiger partial charge >= 0.3 is 0 Å². The summed E-state index contributed by atoms with van der Waals surface area (Å²) in [4.78, 5) is 16.4. The van der Waals surface area contributed by atoms with Crippen LogP contribution in [-0.2, 0) is 26.4 Å². The molecule has 0 atom stereocenters. The average Bonchev–Trinajstić information content (AvgIpc) is 3.16. The van der Waals surface area contributed by atoms with Crippen molar-refractivity contribution in [1.82, 2.24) is 24.9 Å². The van der Waals surface area contributed by atoms with Gasteiger partial charge in [-0.25, -0.2) is 4.68 Å². The van der Waals surface area contributed by atoms with Gasteiger partial charge in [0.2, 0.25) is 0 Å². The van der Waals surface area contributed by atoms with Crippen LogP contribution < -0.4 is 10.5 Å². The zero-order chi connectivity index (χ0) is 15.8. The van der Waals surface area contributed by atoms with E-state index in [1.807, 2.05) is 0 Å². The fourth-order valence-electron chi connectivity index (χ4n) is 3.53. The van der Waals surface area contributed by atoms with Gasteiger partial charge in [-0.15, -0.1) is 0 Å². The first-order valence-electron chi connectivity index (χ1n) is 8.26. The lowest BCUT2D eigenvalue weighted by Gasteiger charge is -2.35. The van der Waals surface area contributed by atoms with Crippen LogP contribution in [0.1, 0.15) is 23.4 Å². The number of aromatic amines is 1. The van der Waals surface area contributed by atoms with Crippen molar-refractivity contribution in [2.75, 3.05) is 31.1 Å². The molecule has 1 aliphatic carbocycles. The minimum absolute atomic E-state index is 0.0583. The standard InChI is InChI=1S/C16H22N6O/c1-20-16(23)9-12(10-17-20)22-7-5-21(6-8-22)11-15-13-3-2-4-14(13)18-19-15/h9-10H,2-8,11H2,1H3,(H,18,19). The molecule has 7 nitrogen and oxygen atoms in total. The predicted octanol–water partition coefficient (Wildman–Crippen LogP) is 0.314. The van der Waals surface area contributed by atoms with Crippen LogP contribution in [0, 0.1) is 0 Å². The third kappa shape index (κ3) is 2.76. The molecule has 2 aromatic rings. The SMILES string of the molecule is Cn1ncc(N2CCN(Cc3n[nH]c4c3CCC4)CC2)cc1=O. The summed E-state index contributed by atoms with van der Waals surface area (Å²) in [5.74, 6) is 0. The van der Waals surface area contributed by atoms with Gasteiger partial charge in [0.25, 0.3) is 5.56 Å². The molecule has 2 aliphatic rings. The molecule has 1 aliphatic heterocycles. The molecule has 0 aromatic carbocycles. The number of piperazine rings is 1. The van der Waals surface area contributed by atoms with Crippen LogP contribution in [0.25, 0.3) is 0 Å². The third-order valence-electron chi connectivity index (χ3n) is 4.96. The van der Waals surface area contributed by atoms with E-state index in [2.05, 4.69) is 25.1 Å². The molecule has 0 radical (unpaired) electrons. The maximum atomic E-state index is 11.7. The van der Waals surface area contributed by atoms with E-state index in [0.717, 1.165) is 44.8 Å². The Morgan fingerprint density at radius 3 is 2.83 bits per heavy atom. The highest BCUT2D eigenvalue weighted by Gasteiger charge is 2.23. The van der Waals surface area contributed by atoms with Crippen molar-refractivity contribution in [3.63, 3.8) is 0 Å². The lowest BCUT2D eigenvalue weighted by atomic mass is 10.2. The minimum atomic E-state index is -0.0583. The molecule has 0 amide bonds. The molecule has 0 unspecified atom stereocenters. The molecule has 2 aromatic heterocycles. The fourth-order valence-corrected chi connectivity index (χ4v) is 3.53. The lowest BCUT2D eigenvalue weighted by Crippen LogP contribution is -2.46. The number of aryl methyl sites for hydroxylation is 2. The highest BCUT2D eigenvalue weighted by Crippen LogP contribution is 2.24. The van der Waals surface area contributed by atoms with Crippen LogP contribution in [0.3, 0.4) is 0 Å². The van der Waals surface area contributed by atoms with Crippen molar-refractivity contribution < 1.29 is 0 Å². The summed E-state index contributed by atoms with van der Waals surface area (Å²) < 4.78 is 1.36. The molecule has 3 heterocycles. The monoisotopic (exact) mass is 314 g/mol. The van der Waals surface area contributed by atoms with E-state index in [-0.39, 0.29) is 5.56 Å². The van der Waals surface area contributed by atoms with Gasteiger partial charge in [-0.2, -0.15) is 10.2 Å². The van der Waals surface area contributed by atoms with E-state index in [9.17, 15) is 4.79 Å². The summed E-state index contributed by atoms with van der Waals surface area (Å²) >= 11 is 0. The third-order valence-corrected chi connectivity index (χ3v) is 4.96. The number of nitrogens with zero attached hydrogens (tertiary/aromatic N) is 5. The molecule has 23 heavy (non-hydrogen) atoms. The maximum absolute atomic E-state index is 11.7. The van der Waals surface area contributed by atoms with E-state index in [1.165, 1.54) is 34.5 Å². The molecule has 0 bridgehead atoms. The Labute approximate surface area is 134 Å². The minimum Gasteiger partial charge on any atom is -0.368 e. The average molecular weight is 314 g/mol. The van der Waals surface area contributed by atoms with Crippen molar-refractivity contribution in [3.05, 3.63) is 39.6 Å². The Bertz CT molecular complexity index is 756. The summed E-state index contributed by atoms with van der Waals surface area (Å²) in [6.07, 6.45) is 5.34. The smallest absolute Gasteiger partial charge is 0.268 e. The Kier molecular flexibility index (Phi) is 3.65. The Hall–Kier alpha value is -2.15. The molecule has 4 rings (SSSR count). The van der Waals surface area contributed by atoms with Gasteiger partial charge < -0.3 is 4.90 Å². The van der Waals surface area contributed by atoms with Crippen molar-refractivity contribution in [2.45, 2.75) is 25.8 Å². The number of anilines is 1. The summed E-state index contributed by atoms with van der Waals surface area (Å²) in [5, 5.41) is 11.8. The molecule has 1 N–H and O–H groups in total. The summed E-state index contributed by atoms with van der Waals surface area (Å²) in [7, 11) is 1.67. The van der Waals surface area contributed by atoms with Crippen LogP contribution in [0.5, 0.6) is 0 Å². The predicted molar refractivity (Wildman–Crippen MR) is 87.6 cm³/mol. The van der Waals surface area contributed by atoms with Gasteiger partial charge in [0.15, 0.2) is 0 Å². The van der Waals surface area contributed by atoms with Gasteiger partial charge in [0.1, 0.15) is 0 Å². The second-order valence-electron chi connectivity index (χ2n) is 6.42. The molecule has 1 fully saturated rings. The summed E-state index contributed by atoms with van der Waals surface area (Å²) in [6, 6.07) is 1.67. The molecule has 1 saturated heterocycles. The fraction of sp³-hybridized carbons (Fsp3) is 0.562. The molecule has 0 saturated carbocycles. The molecular formula is C16H22N6O. The topological polar surface area (TPSA) is 70.1 Å². The first-order valence-corrected chi connectivity index (χ1v) is 8.26. The van der Waals surface area contributed by atoms with Crippen LogP contribution in [-0.4, -0.2) is 51.1 Å². The zero-order valence-electron chi connectivity index (χ0n) is 13.5.